The number of hydrogen-bond acceptors (Lipinski definition) is 3. The van der Waals surface area contributed by atoms with Crippen LogP contribution in [0.3, 0.4) is 0 Å². The summed E-state index contributed by atoms with van der Waals surface area (Å²) in [6.07, 6.45) is 3.93. The maximum atomic E-state index is 10.7. The minimum Gasteiger partial charge on any atom is -0.461 e. The van der Waals surface area contributed by atoms with Crippen molar-refractivity contribution in [1.82, 2.24) is 9.78 Å². The van der Waals surface area contributed by atoms with Crippen LogP contribution in [0, 0.1) is 0 Å². The van der Waals surface area contributed by atoms with E-state index < -0.39 is 0 Å². The number of aryl methyl sites for hydroxylation is 1. The Hall–Kier alpha value is -1.84. The van der Waals surface area contributed by atoms with Gasteiger partial charge in [0.2, 0.25) is 0 Å². The molecule has 0 aliphatic carbocycles. The molecule has 72 valence electrons. The lowest BCUT2D eigenvalue weighted by Gasteiger charge is -2.01. The van der Waals surface area contributed by atoms with E-state index in [9.17, 15) is 4.79 Å². The smallest absolute Gasteiger partial charge is 0.186 e. The molecule has 0 fully saturated rings. The molecule has 14 heavy (non-hydrogen) atoms. The van der Waals surface area contributed by atoms with E-state index in [4.69, 9.17) is 4.42 Å². The monoisotopic (exact) mass is 190 g/mol. The number of nitrogens with zero attached hydrogens (tertiary/aromatic N) is 2. The summed E-state index contributed by atoms with van der Waals surface area (Å²) in [5.41, 5.74) is 1.70. The summed E-state index contributed by atoms with van der Waals surface area (Å²) >= 11 is 0. The number of furan rings is 1. The number of rotatable bonds is 3. The van der Waals surface area contributed by atoms with Gasteiger partial charge < -0.3 is 4.42 Å². The van der Waals surface area contributed by atoms with Gasteiger partial charge in [-0.15, -0.1) is 0 Å². The van der Waals surface area contributed by atoms with Crippen molar-refractivity contribution in [2.24, 2.45) is 0 Å². The average molecular weight is 190 g/mol. The third kappa shape index (κ3) is 1.25. The van der Waals surface area contributed by atoms with E-state index in [1.54, 1.807) is 12.3 Å². The van der Waals surface area contributed by atoms with E-state index in [2.05, 4.69) is 5.10 Å². The number of hydrogen-bond donors (Lipinski definition) is 0. The van der Waals surface area contributed by atoms with Gasteiger partial charge in [0, 0.05) is 18.3 Å². The molecule has 0 saturated heterocycles. The lowest BCUT2D eigenvalue weighted by atomic mass is 10.2. The van der Waals surface area contributed by atoms with Crippen molar-refractivity contribution < 1.29 is 9.21 Å². The van der Waals surface area contributed by atoms with Crippen LogP contribution < -0.4 is 0 Å². The highest BCUT2D eigenvalue weighted by Crippen LogP contribution is 2.23. The van der Waals surface area contributed by atoms with Crippen LogP contribution >= 0.6 is 0 Å². The van der Waals surface area contributed by atoms with E-state index in [0.717, 1.165) is 17.8 Å². The van der Waals surface area contributed by atoms with E-state index in [-0.39, 0.29) is 0 Å². The SMILES string of the molecule is CCn1nccc1-c1ccoc1C=O. The molecule has 4 nitrogen and oxygen atoms in total. The second-order valence-electron chi connectivity index (χ2n) is 2.85. The summed E-state index contributed by atoms with van der Waals surface area (Å²) in [6.45, 7) is 2.77. The van der Waals surface area contributed by atoms with Crippen molar-refractivity contribution in [2.45, 2.75) is 13.5 Å². The fourth-order valence-corrected chi connectivity index (χ4v) is 1.44. The van der Waals surface area contributed by atoms with E-state index in [1.807, 2.05) is 17.7 Å². The third-order valence-corrected chi connectivity index (χ3v) is 2.09. The molecule has 0 atom stereocenters. The predicted molar refractivity (Wildman–Crippen MR) is 51.0 cm³/mol. The summed E-state index contributed by atoms with van der Waals surface area (Å²) in [5.74, 6) is 0.347. The maximum Gasteiger partial charge on any atom is 0.186 e. The van der Waals surface area contributed by atoms with E-state index in [1.165, 1.54) is 6.26 Å². The van der Waals surface area contributed by atoms with Crippen LogP contribution in [0.2, 0.25) is 0 Å². The molecule has 0 saturated carbocycles. The van der Waals surface area contributed by atoms with Gasteiger partial charge in [-0.1, -0.05) is 0 Å². The maximum absolute atomic E-state index is 10.7. The number of aldehydes is 1. The third-order valence-electron chi connectivity index (χ3n) is 2.09. The Labute approximate surface area is 81.1 Å². The lowest BCUT2D eigenvalue weighted by molar-refractivity contribution is 0.110. The van der Waals surface area contributed by atoms with Crippen molar-refractivity contribution in [3.63, 3.8) is 0 Å². The topological polar surface area (TPSA) is 48.0 Å². The van der Waals surface area contributed by atoms with Crippen LogP contribution in [0.25, 0.3) is 11.3 Å². The first kappa shape index (κ1) is 8.74. The zero-order valence-corrected chi connectivity index (χ0v) is 7.80. The number of carbonyl (C=O) groups is 1. The van der Waals surface area contributed by atoms with Crippen LogP contribution in [-0.2, 0) is 6.54 Å². The van der Waals surface area contributed by atoms with Crippen LogP contribution in [0.4, 0.5) is 0 Å². The molecule has 0 aliphatic rings. The normalized spacial score (nSPS) is 10.4. The zero-order valence-electron chi connectivity index (χ0n) is 7.80. The van der Waals surface area contributed by atoms with Gasteiger partial charge >= 0.3 is 0 Å². The first-order valence-corrected chi connectivity index (χ1v) is 4.41. The molecule has 2 heterocycles. The highest BCUT2D eigenvalue weighted by Gasteiger charge is 2.11. The molecule has 4 heteroatoms. The van der Waals surface area contributed by atoms with Crippen LogP contribution in [-0.4, -0.2) is 16.1 Å². The molecule has 0 aliphatic heterocycles. The van der Waals surface area contributed by atoms with Crippen molar-refractivity contribution in [3.8, 4) is 11.3 Å². The van der Waals surface area contributed by atoms with Crippen molar-refractivity contribution in [3.05, 3.63) is 30.4 Å². The zero-order chi connectivity index (χ0) is 9.97. The van der Waals surface area contributed by atoms with E-state index >= 15 is 0 Å². The molecule has 2 rings (SSSR count). The highest BCUT2D eigenvalue weighted by atomic mass is 16.3. The largest absolute Gasteiger partial charge is 0.461 e. The molecule has 2 aromatic rings. The van der Waals surface area contributed by atoms with Crippen molar-refractivity contribution in [1.29, 1.82) is 0 Å². The van der Waals surface area contributed by atoms with E-state index in [0.29, 0.717) is 12.0 Å². The minimum atomic E-state index is 0.347. The molecule has 0 amide bonds. The molecule has 0 radical (unpaired) electrons. The predicted octanol–water partition coefficient (Wildman–Crippen LogP) is 1.98. The van der Waals surface area contributed by atoms with Gasteiger partial charge in [0.1, 0.15) is 0 Å². The van der Waals surface area contributed by atoms with Gasteiger partial charge in [-0.25, -0.2) is 0 Å². The highest BCUT2D eigenvalue weighted by molar-refractivity contribution is 5.83. The molecular formula is C10H10N2O2. The molecule has 0 spiro atoms. The molecule has 0 N–H and O–H groups in total. The Morgan fingerprint density at radius 1 is 1.57 bits per heavy atom. The van der Waals surface area contributed by atoms with Gasteiger partial charge in [0.15, 0.2) is 12.0 Å². The molecule has 0 unspecified atom stereocenters. The second-order valence-corrected chi connectivity index (χ2v) is 2.85. The molecular weight excluding hydrogens is 180 g/mol. The van der Waals surface area contributed by atoms with Crippen LogP contribution in [0.1, 0.15) is 17.5 Å². The first-order chi connectivity index (χ1) is 6.86. The fraction of sp³-hybridized carbons (Fsp3) is 0.200. The van der Waals surface area contributed by atoms with Gasteiger partial charge in [-0.3, -0.25) is 9.48 Å². The van der Waals surface area contributed by atoms with Gasteiger partial charge in [-0.2, -0.15) is 5.10 Å². The average Bonchev–Trinajstić information content (AvgIpc) is 2.85. The Bertz CT molecular complexity index is 442. The fourth-order valence-electron chi connectivity index (χ4n) is 1.44. The van der Waals surface area contributed by atoms with Crippen LogP contribution in [0.5, 0.6) is 0 Å². The Kier molecular flexibility index (Phi) is 2.18. The lowest BCUT2D eigenvalue weighted by Crippen LogP contribution is -1.99. The molecule has 0 aromatic carbocycles. The van der Waals surface area contributed by atoms with Crippen molar-refractivity contribution >= 4 is 6.29 Å². The summed E-state index contributed by atoms with van der Waals surface area (Å²) < 4.78 is 6.85. The summed E-state index contributed by atoms with van der Waals surface area (Å²) in [6, 6.07) is 3.63. The quantitative estimate of drug-likeness (QED) is 0.695. The summed E-state index contributed by atoms with van der Waals surface area (Å²) in [5, 5.41) is 4.13. The number of carbonyl (C=O) groups excluding carboxylic acids is 1. The first-order valence-electron chi connectivity index (χ1n) is 4.41. The second kappa shape index (κ2) is 3.49. The van der Waals surface area contributed by atoms with Crippen molar-refractivity contribution in [2.75, 3.05) is 0 Å². The summed E-state index contributed by atoms with van der Waals surface area (Å²) in [7, 11) is 0. The van der Waals surface area contributed by atoms with Gasteiger partial charge in [0.25, 0.3) is 0 Å². The summed E-state index contributed by atoms with van der Waals surface area (Å²) in [4.78, 5) is 10.7. The standard InChI is InChI=1S/C10H10N2O2/c1-2-12-9(3-5-11-12)8-4-6-14-10(8)7-13/h3-7H,2H2,1H3. The van der Waals surface area contributed by atoms with Crippen LogP contribution in [0.15, 0.2) is 29.0 Å². The minimum absolute atomic E-state index is 0.347. The molecule has 2 aromatic heterocycles. The Morgan fingerprint density at radius 3 is 3.14 bits per heavy atom. The molecule has 0 bridgehead atoms. The Morgan fingerprint density at radius 2 is 2.43 bits per heavy atom. The Balaban J connectivity index is 2.53. The van der Waals surface area contributed by atoms with Gasteiger partial charge in [0.05, 0.1) is 12.0 Å². The van der Waals surface area contributed by atoms with Gasteiger partial charge in [-0.05, 0) is 19.1 Å². The number of aromatic nitrogens is 2.